The number of aromatic nitrogens is 2. The number of fused-ring (bicyclic) bond motifs is 1. The summed E-state index contributed by atoms with van der Waals surface area (Å²) < 4.78 is 1.15. The largest absolute Gasteiger partial charge is 0.348 e. The van der Waals surface area contributed by atoms with Crippen LogP contribution in [0.2, 0.25) is 0 Å². The number of carbonyl (C=O) groups is 1. The Kier molecular flexibility index (Phi) is 5.56. The summed E-state index contributed by atoms with van der Waals surface area (Å²) in [6.07, 6.45) is 3.32. The number of hydrogen-bond acceptors (Lipinski definition) is 5. The van der Waals surface area contributed by atoms with Gasteiger partial charge in [-0.05, 0) is 64.5 Å². The average molecular weight is 399 g/mol. The fraction of sp³-hybridized carbons (Fsp3) is 0.571. The minimum Gasteiger partial charge on any atom is -0.348 e. The molecular formula is C21H29N5O3. The average Bonchev–Trinajstić information content (AvgIpc) is 3.16. The highest BCUT2D eigenvalue weighted by Gasteiger charge is 2.30. The summed E-state index contributed by atoms with van der Waals surface area (Å²) in [6.45, 7) is 6.22. The molecule has 4 rings (SSSR count). The van der Waals surface area contributed by atoms with Crippen molar-refractivity contribution in [2.45, 2.75) is 44.8 Å². The van der Waals surface area contributed by atoms with Gasteiger partial charge in [0.1, 0.15) is 0 Å². The first-order chi connectivity index (χ1) is 14.0. The highest BCUT2D eigenvalue weighted by Crippen LogP contribution is 2.21. The van der Waals surface area contributed by atoms with Gasteiger partial charge in [0.05, 0.1) is 10.9 Å². The lowest BCUT2D eigenvalue weighted by atomic mass is 10.0. The van der Waals surface area contributed by atoms with Crippen molar-refractivity contribution in [1.29, 1.82) is 0 Å². The fourth-order valence-corrected chi connectivity index (χ4v) is 4.55. The van der Waals surface area contributed by atoms with Gasteiger partial charge < -0.3 is 15.2 Å². The van der Waals surface area contributed by atoms with Crippen molar-refractivity contribution in [3.05, 3.63) is 44.6 Å². The van der Waals surface area contributed by atoms with E-state index < -0.39 is 5.69 Å². The summed E-state index contributed by atoms with van der Waals surface area (Å²) in [5, 5.41) is 3.54. The van der Waals surface area contributed by atoms with E-state index in [-0.39, 0.29) is 17.5 Å². The van der Waals surface area contributed by atoms with Gasteiger partial charge >= 0.3 is 5.69 Å². The number of hydrogen-bond donors (Lipinski definition) is 2. The second-order valence-electron chi connectivity index (χ2n) is 8.23. The number of carbonyl (C=O) groups excluding carboxylic acids is 1. The van der Waals surface area contributed by atoms with Gasteiger partial charge in [-0.25, -0.2) is 4.79 Å². The monoisotopic (exact) mass is 399 g/mol. The van der Waals surface area contributed by atoms with Crippen LogP contribution >= 0.6 is 0 Å². The number of nitrogens with zero attached hydrogens (tertiary/aromatic N) is 3. The van der Waals surface area contributed by atoms with E-state index >= 15 is 0 Å². The topological polar surface area (TPSA) is 90.4 Å². The van der Waals surface area contributed by atoms with Crippen molar-refractivity contribution in [2.24, 2.45) is 0 Å². The number of nitrogens with one attached hydrogen (secondary N) is 2. The molecule has 0 saturated carbocycles. The number of piperidine rings is 1. The van der Waals surface area contributed by atoms with Crippen molar-refractivity contribution in [2.75, 3.05) is 33.2 Å². The van der Waals surface area contributed by atoms with E-state index in [0.29, 0.717) is 29.1 Å². The summed E-state index contributed by atoms with van der Waals surface area (Å²) >= 11 is 0. The molecule has 2 fully saturated rings. The molecule has 2 aromatic rings. The summed E-state index contributed by atoms with van der Waals surface area (Å²) in [7, 11) is 2.16. The van der Waals surface area contributed by atoms with Crippen LogP contribution < -0.4 is 16.6 Å². The molecule has 0 spiro atoms. The van der Waals surface area contributed by atoms with Gasteiger partial charge in [0.15, 0.2) is 0 Å². The predicted molar refractivity (Wildman–Crippen MR) is 112 cm³/mol. The summed E-state index contributed by atoms with van der Waals surface area (Å²) in [4.78, 5) is 44.8. The van der Waals surface area contributed by atoms with Crippen LogP contribution in [0.25, 0.3) is 10.9 Å². The van der Waals surface area contributed by atoms with Gasteiger partial charge in [-0.1, -0.05) is 0 Å². The minimum absolute atomic E-state index is 0.130. The van der Waals surface area contributed by atoms with E-state index in [9.17, 15) is 14.4 Å². The number of likely N-dealkylation sites (tertiary alicyclic amines) is 2. The third kappa shape index (κ3) is 4.00. The SMILES string of the molecule is CCn1c(=O)[nH]c2cc(C(=O)NC3CCN(C4CCN(C)CC4)C3)ccc2c1=O. The first-order valence-corrected chi connectivity index (χ1v) is 10.5. The molecule has 1 unspecified atom stereocenters. The van der Waals surface area contributed by atoms with Gasteiger partial charge in [0, 0.05) is 37.3 Å². The Hall–Kier alpha value is -2.45. The third-order valence-corrected chi connectivity index (χ3v) is 6.32. The highest BCUT2D eigenvalue weighted by atomic mass is 16.2. The number of benzene rings is 1. The Labute approximate surface area is 169 Å². The molecule has 0 bridgehead atoms. The first kappa shape index (κ1) is 19.8. The standard InChI is InChI=1S/C21H29N5O3/c1-3-26-20(28)17-5-4-14(12-18(17)23-21(26)29)19(27)22-15-6-11-25(13-15)16-7-9-24(2)10-8-16/h4-5,12,15-16H,3,6-11,13H2,1-2H3,(H,22,27)(H,23,29). The lowest BCUT2D eigenvalue weighted by Gasteiger charge is -2.35. The Morgan fingerprint density at radius 2 is 1.93 bits per heavy atom. The number of rotatable bonds is 4. The van der Waals surface area contributed by atoms with Gasteiger partial charge in [0.2, 0.25) is 0 Å². The molecule has 1 atom stereocenters. The molecule has 2 saturated heterocycles. The van der Waals surface area contributed by atoms with Crippen molar-refractivity contribution in [3.8, 4) is 0 Å². The molecule has 8 nitrogen and oxygen atoms in total. The minimum atomic E-state index is -0.452. The molecule has 1 aromatic carbocycles. The molecule has 0 aliphatic carbocycles. The normalized spacial score (nSPS) is 21.7. The van der Waals surface area contributed by atoms with Crippen molar-refractivity contribution in [3.63, 3.8) is 0 Å². The molecule has 8 heteroatoms. The van der Waals surface area contributed by atoms with Gasteiger partial charge in [-0.2, -0.15) is 0 Å². The zero-order valence-electron chi connectivity index (χ0n) is 17.1. The Balaban J connectivity index is 1.44. The van der Waals surface area contributed by atoms with E-state index in [1.807, 2.05) is 0 Å². The molecule has 2 aliphatic rings. The van der Waals surface area contributed by atoms with E-state index in [4.69, 9.17) is 0 Å². The first-order valence-electron chi connectivity index (χ1n) is 10.5. The molecule has 1 amide bonds. The summed E-state index contributed by atoms with van der Waals surface area (Å²) in [5.41, 5.74) is 0.0751. The van der Waals surface area contributed by atoms with Crippen LogP contribution in [0.15, 0.2) is 27.8 Å². The van der Waals surface area contributed by atoms with Crippen LogP contribution in [0.1, 0.15) is 36.5 Å². The second-order valence-corrected chi connectivity index (χ2v) is 8.23. The molecule has 2 aliphatic heterocycles. The predicted octanol–water partition coefficient (Wildman–Crippen LogP) is 0.608. The van der Waals surface area contributed by atoms with Crippen molar-refractivity contribution < 1.29 is 4.79 Å². The van der Waals surface area contributed by atoms with Crippen LogP contribution in [-0.4, -0.2) is 70.6 Å². The Morgan fingerprint density at radius 1 is 1.17 bits per heavy atom. The Bertz CT molecular complexity index is 1020. The zero-order chi connectivity index (χ0) is 20.5. The molecule has 0 radical (unpaired) electrons. The van der Waals surface area contributed by atoms with Crippen LogP contribution in [-0.2, 0) is 6.54 Å². The van der Waals surface area contributed by atoms with Crippen LogP contribution in [0.5, 0.6) is 0 Å². The van der Waals surface area contributed by atoms with Crippen molar-refractivity contribution in [1.82, 2.24) is 24.7 Å². The third-order valence-electron chi connectivity index (χ3n) is 6.32. The second kappa shape index (κ2) is 8.12. The number of H-pyrrole nitrogens is 1. The van der Waals surface area contributed by atoms with E-state index in [0.717, 1.165) is 37.2 Å². The highest BCUT2D eigenvalue weighted by molar-refractivity contribution is 5.97. The van der Waals surface area contributed by atoms with Crippen LogP contribution in [0.3, 0.4) is 0 Å². The van der Waals surface area contributed by atoms with E-state index in [1.165, 1.54) is 12.8 Å². The molecular weight excluding hydrogens is 370 g/mol. The van der Waals surface area contributed by atoms with Crippen LogP contribution in [0, 0.1) is 0 Å². The summed E-state index contributed by atoms with van der Waals surface area (Å²) in [5.74, 6) is -0.164. The maximum Gasteiger partial charge on any atom is 0.328 e. The molecule has 3 heterocycles. The fourth-order valence-electron chi connectivity index (χ4n) is 4.55. The molecule has 1 aromatic heterocycles. The van der Waals surface area contributed by atoms with Gasteiger partial charge in [0.25, 0.3) is 11.5 Å². The lowest BCUT2D eigenvalue weighted by molar-refractivity contribution is 0.0932. The molecule has 2 N–H and O–H groups in total. The van der Waals surface area contributed by atoms with E-state index in [2.05, 4.69) is 27.1 Å². The zero-order valence-corrected chi connectivity index (χ0v) is 17.1. The van der Waals surface area contributed by atoms with E-state index in [1.54, 1.807) is 25.1 Å². The number of amides is 1. The van der Waals surface area contributed by atoms with Crippen LogP contribution in [0.4, 0.5) is 0 Å². The van der Waals surface area contributed by atoms with Gasteiger partial charge in [-0.3, -0.25) is 19.1 Å². The quantitative estimate of drug-likeness (QED) is 0.786. The van der Waals surface area contributed by atoms with Crippen molar-refractivity contribution >= 4 is 16.8 Å². The maximum atomic E-state index is 12.8. The maximum absolute atomic E-state index is 12.8. The van der Waals surface area contributed by atoms with Gasteiger partial charge in [-0.15, -0.1) is 0 Å². The number of aromatic amines is 1. The smallest absolute Gasteiger partial charge is 0.328 e. The lowest BCUT2D eigenvalue weighted by Crippen LogP contribution is -2.44. The summed E-state index contributed by atoms with van der Waals surface area (Å²) in [6, 6.07) is 5.61. The Morgan fingerprint density at radius 3 is 2.66 bits per heavy atom. The molecule has 29 heavy (non-hydrogen) atoms. The molecule has 156 valence electrons.